The number of halogens is 1. The highest BCUT2D eigenvalue weighted by atomic mass is 35.5. The molecule has 3 N–H and O–H groups in total. The lowest BCUT2D eigenvalue weighted by atomic mass is 10.0. The summed E-state index contributed by atoms with van der Waals surface area (Å²) >= 11 is 6.04. The zero-order chi connectivity index (χ0) is 21.4. The van der Waals surface area contributed by atoms with Gasteiger partial charge in [0.2, 0.25) is 0 Å². The predicted molar refractivity (Wildman–Crippen MR) is 111 cm³/mol. The number of carbonyl (C=O) groups excluding carboxylic acids is 3. The summed E-state index contributed by atoms with van der Waals surface area (Å²) in [6, 6.07) is 12.2. The molecule has 0 saturated carbocycles. The standard InChI is InChI=1S/C21H24ClN3O4/c1-4-29-15-11-9-14(10-12-15)19(26)24-25-21(28)18(13(2)3)23-20(27)16-7-5-6-8-17(16)22/h5-13,18H,4H2,1-3H3,(H,23,27)(H,24,26)(H,25,28)/t18-/m0/s1. The van der Waals surface area contributed by atoms with Gasteiger partial charge in [-0.05, 0) is 49.2 Å². The Hall–Kier alpha value is -3.06. The van der Waals surface area contributed by atoms with Crippen molar-refractivity contribution in [3.05, 3.63) is 64.7 Å². The number of ether oxygens (including phenoxy) is 1. The third-order valence-electron chi connectivity index (χ3n) is 4.08. The molecule has 0 unspecified atom stereocenters. The minimum Gasteiger partial charge on any atom is -0.494 e. The Kier molecular flexibility index (Phi) is 8.03. The van der Waals surface area contributed by atoms with Crippen molar-refractivity contribution in [2.24, 2.45) is 5.92 Å². The molecule has 0 aliphatic carbocycles. The molecule has 8 heteroatoms. The molecular weight excluding hydrogens is 394 g/mol. The Morgan fingerprint density at radius 1 is 0.966 bits per heavy atom. The average Bonchev–Trinajstić information content (AvgIpc) is 2.70. The fraction of sp³-hybridized carbons (Fsp3) is 0.286. The number of hydrazine groups is 1. The number of hydrogen-bond donors (Lipinski definition) is 3. The monoisotopic (exact) mass is 417 g/mol. The molecule has 7 nitrogen and oxygen atoms in total. The Labute approximate surface area is 174 Å². The van der Waals surface area contributed by atoms with Crippen molar-refractivity contribution in [3.63, 3.8) is 0 Å². The van der Waals surface area contributed by atoms with E-state index in [2.05, 4.69) is 16.2 Å². The first-order valence-electron chi connectivity index (χ1n) is 9.22. The van der Waals surface area contributed by atoms with Crippen molar-refractivity contribution in [1.82, 2.24) is 16.2 Å². The van der Waals surface area contributed by atoms with Gasteiger partial charge in [0, 0.05) is 5.56 Å². The van der Waals surface area contributed by atoms with Gasteiger partial charge in [0.25, 0.3) is 17.7 Å². The van der Waals surface area contributed by atoms with Crippen LogP contribution in [0.2, 0.25) is 5.02 Å². The van der Waals surface area contributed by atoms with Crippen LogP contribution in [0.5, 0.6) is 5.75 Å². The molecule has 0 saturated heterocycles. The first-order chi connectivity index (χ1) is 13.8. The van der Waals surface area contributed by atoms with Crippen molar-refractivity contribution in [2.45, 2.75) is 26.8 Å². The molecule has 0 spiro atoms. The summed E-state index contributed by atoms with van der Waals surface area (Å²) in [6.07, 6.45) is 0. The highest BCUT2D eigenvalue weighted by Crippen LogP contribution is 2.15. The van der Waals surface area contributed by atoms with Crippen molar-refractivity contribution in [1.29, 1.82) is 0 Å². The molecule has 2 aromatic rings. The summed E-state index contributed by atoms with van der Waals surface area (Å²) in [5, 5.41) is 2.94. The van der Waals surface area contributed by atoms with Crippen molar-refractivity contribution in [2.75, 3.05) is 6.61 Å². The van der Waals surface area contributed by atoms with Crippen molar-refractivity contribution < 1.29 is 19.1 Å². The zero-order valence-electron chi connectivity index (χ0n) is 16.5. The topological polar surface area (TPSA) is 96.5 Å². The number of rotatable bonds is 7. The molecule has 2 rings (SSSR count). The molecule has 2 aromatic carbocycles. The van der Waals surface area contributed by atoms with Gasteiger partial charge in [-0.3, -0.25) is 25.2 Å². The van der Waals surface area contributed by atoms with E-state index >= 15 is 0 Å². The van der Waals surface area contributed by atoms with Gasteiger partial charge in [-0.1, -0.05) is 37.6 Å². The first-order valence-corrected chi connectivity index (χ1v) is 9.59. The van der Waals surface area contributed by atoms with Crippen LogP contribution < -0.4 is 20.9 Å². The molecule has 0 fully saturated rings. The van der Waals surface area contributed by atoms with E-state index in [1.165, 1.54) is 0 Å². The Bertz CT molecular complexity index is 868. The van der Waals surface area contributed by atoms with E-state index in [-0.39, 0.29) is 16.5 Å². The molecule has 154 valence electrons. The smallest absolute Gasteiger partial charge is 0.269 e. The lowest BCUT2D eigenvalue weighted by Gasteiger charge is -2.22. The summed E-state index contributed by atoms with van der Waals surface area (Å²) in [5.74, 6) is -1.07. The summed E-state index contributed by atoms with van der Waals surface area (Å²) in [4.78, 5) is 37.2. The normalized spacial score (nSPS) is 11.5. The van der Waals surface area contributed by atoms with E-state index in [1.54, 1.807) is 62.4 Å². The predicted octanol–water partition coefficient (Wildman–Crippen LogP) is 2.95. The summed E-state index contributed by atoms with van der Waals surface area (Å²) < 4.78 is 5.33. The molecule has 0 aliphatic rings. The maximum Gasteiger partial charge on any atom is 0.269 e. The quantitative estimate of drug-likeness (QED) is 0.603. The van der Waals surface area contributed by atoms with Crippen LogP contribution in [-0.4, -0.2) is 30.4 Å². The SMILES string of the molecule is CCOc1ccc(C(=O)NNC(=O)[C@@H](NC(=O)c2ccccc2Cl)C(C)C)cc1. The van der Waals surface area contributed by atoms with E-state index in [1.807, 2.05) is 6.92 Å². The van der Waals surface area contributed by atoms with Gasteiger partial charge < -0.3 is 10.1 Å². The first kappa shape index (κ1) is 22.2. The van der Waals surface area contributed by atoms with E-state index in [9.17, 15) is 14.4 Å². The second-order valence-corrected chi connectivity index (χ2v) is 6.98. The highest BCUT2D eigenvalue weighted by Gasteiger charge is 2.25. The van der Waals surface area contributed by atoms with Crippen molar-refractivity contribution in [3.8, 4) is 5.75 Å². The van der Waals surface area contributed by atoms with Crippen LogP contribution >= 0.6 is 11.6 Å². The molecule has 0 aromatic heterocycles. The Morgan fingerprint density at radius 2 is 1.62 bits per heavy atom. The third kappa shape index (κ3) is 6.22. The lowest BCUT2D eigenvalue weighted by Crippen LogP contribution is -2.54. The Balaban J connectivity index is 1.97. The number of carbonyl (C=O) groups is 3. The van der Waals surface area contributed by atoms with Gasteiger partial charge in [-0.2, -0.15) is 0 Å². The average molecular weight is 418 g/mol. The summed E-state index contributed by atoms with van der Waals surface area (Å²) in [6.45, 7) is 5.96. The van der Waals surface area contributed by atoms with Gasteiger partial charge in [0.05, 0.1) is 17.2 Å². The van der Waals surface area contributed by atoms with Gasteiger partial charge in [0.1, 0.15) is 11.8 Å². The zero-order valence-corrected chi connectivity index (χ0v) is 17.2. The minimum atomic E-state index is -0.862. The summed E-state index contributed by atoms with van der Waals surface area (Å²) in [5.41, 5.74) is 5.34. The molecule has 0 heterocycles. The lowest BCUT2D eigenvalue weighted by molar-refractivity contribution is -0.124. The molecule has 0 radical (unpaired) electrons. The number of benzene rings is 2. The van der Waals surface area contributed by atoms with Crippen LogP contribution in [0.4, 0.5) is 0 Å². The van der Waals surface area contributed by atoms with Crippen LogP contribution in [0.15, 0.2) is 48.5 Å². The number of hydrogen-bond acceptors (Lipinski definition) is 4. The third-order valence-corrected chi connectivity index (χ3v) is 4.41. The van der Waals surface area contributed by atoms with E-state index in [0.29, 0.717) is 17.9 Å². The maximum atomic E-state index is 12.5. The molecular formula is C21H24ClN3O4. The molecule has 0 aliphatic heterocycles. The van der Waals surface area contributed by atoms with Gasteiger partial charge in [0.15, 0.2) is 0 Å². The van der Waals surface area contributed by atoms with E-state index in [4.69, 9.17) is 16.3 Å². The minimum absolute atomic E-state index is 0.219. The van der Waals surface area contributed by atoms with Crippen LogP contribution in [0.25, 0.3) is 0 Å². The summed E-state index contributed by atoms with van der Waals surface area (Å²) in [7, 11) is 0. The van der Waals surface area contributed by atoms with Crippen LogP contribution in [0.3, 0.4) is 0 Å². The van der Waals surface area contributed by atoms with Crippen LogP contribution in [-0.2, 0) is 4.79 Å². The van der Waals surface area contributed by atoms with Gasteiger partial charge in [-0.25, -0.2) is 0 Å². The van der Waals surface area contributed by atoms with E-state index in [0.717, 1.165) is 0 Å². The number of nitrogens with one attached hydrogen (secondary N) is 3. The second kappa shape index (κ2) is 10.5. The fourth-order valence-corrected chi connectivity index (χ4v) is 2.76. The molecule has 29 heavy (non-hydrogen) atoms. The Morgan fingerprint density at radius 3 is 2.21 bits per heavy atom. The van der Waals surface area contributed by atoms with Gasteiger partial charge in [-0.15, -0.1) is 0 Å². The number of amides is 3. The van der Waals surface area contributed by atoms with E-state index < -0.39 is 23.8 Å². The van der Waals surface area contributed by atoms with Gasteiger partial charge >= 0.3 is 0 Å². The van der Waals surface area contributed by atoms with Crippen LogP contribution in [0, 0.1) is 5.92 Å². The highest BCUT2D eigenvalue weighted by molar-refractivity contribution is 6.33. The molecule has 1 atom stereocenters. The van der Waals surface area contributed by atoms with Crippen LogP contribution in [0.1, 0.15) is 41.5 Å². The molecule has 3 amide bonds. The molecule has 0 bridgehead atoms. The fourth-order valence-electron chi connectivity index (χ4n) is 2.54. The van der Waals surface area contributed by atoms with Crippen molar-refractivity contribution >= 4 is 29.3 Å². The maximum absolute atomic E-state index is 12.5. The second-order valence-electron chi connectivity index (χ2n) is 6.58. The largest absolute Gasteiger partial charge is 0.494 e.